The van der Waals surface area contributed by atoms with E-state index in [9.17, 15) is 10.1 Å². The summed E-state index contributed by atoms with van der Waals surface area (Å²) in [4.78, 5) is 16.3. The zero-order valence-corrected chi connectivity index (χ0v) is 12.2. The first-order valence-corrected chi connectivity index (χ1v) is 7.26. The number of thioether (sulfide) groups is 1. The molecule has 0 fully saturated rings. The molecule has 0 aromatic carbocycles. The Kier molecular flexibility index (Phi) is 5.68. The standard InChI is InChI=1S/C11H16ClN3O2S/c1-8(4-5-18-3)14(2)11-7-9(15(16)17)6-10(12)13-11/h6-8H,4-5H2,1-3H3. The maximum atomic E-state index is 10.8. The predicted octanol–water partition coefficient (Wildman–Crippen LogP) is 3.22. The van der Waals surface area contributed by atoms with Gasteiger partial charge in [0.05, 0.1) is 17.1 Å². The number of halogens is 1. The molecule has 100 valence electrons. The van der Waals surface area contributed by atoms with Crippen molar-refractivity contribution in [1.29, 1.82) is 0 Å². The second-order valence-corrected chi connectivity index (χ2v) is 5.38. The Morgan fingerprint density at radius 2 is 2.28 bits per heavy atom. The van der Waals surface area contributed by atoms with Gasteiger partial charge in [0.15, 0.2) is 0 Å². The highest BCUT2D eigenvalue weighted by Crippen LogP contribution is 2.24. The van der Waals surface area contributed by atoms with Gasteiger partial charge in [0.25, 0.3) is 5.69 Å². The molecule has 0 saturated heterocycles. The van der Waals surface area contributed by atoms with Crippen LogP contribution in [0.1, 0.15) is 13.3 Å². The number of anilines is 1. The molecule has 1 rings (SSSR count). The van der Waals surface area contributed by atoms with Crippen molar-refractivity contribution in [2.75, 3.05) is 24.0 Å². The van der Waals surface area contributed by atoms with Crippen molar-refractivity contribution in [3.63, 3.8) is 0 Å². The monoisotopic (exact) mass is 289 g/mol. The van der Waals surface area contributed by atoms with Crippen molar-refractivity contribution < 1.29 is 4.92 Å². The first kappa shape index (κ1) is 15.0. The molecule has 0 N–H and O–H groups in total. The van der Waals surface area contributed by atoms with Gasteiger partial charge in [0, 0.05) is 13.1 Å². The van der Waals surface area contributed by atoms with Gasteiger partial charge in [-0.1, -0.05) is 11.6 Å². The van der Waals surface area contributed by atoms with Crippen LogP contribution in [0.15, 0.2) is 12.1 Å². The summed E-state index contributed by atoms with van der Waals surface area (Å²) in [7, 11) is 1.87. The van der Waals surface area contributed by atoms with Crippen LogP contribution < -0.4 is 4.90 Å². The van der Waals surface area contributed by atoms with Crippen molar-refractivity contribution in [1.82, 2.24) is 4.98 Å². The molecule has 0 bridgehead atoms. The zero-order valence-electron chi connectivity index (χ0n) is 10.6. The van der Waals surface area contributed by atoms with E-state index in [0.29, 0.717) is 5.82 Å². The Labute approximate surface area is 116 Å². The molecule has 0 saturated carbocycles. The van der Waals surface area contributed by atoms with E-state index in [1.165, 1.54) is 12.1 Å². The van der Waals surface area contributed by atoms with E-state index in [1.54, 1.807) is 11.8 Å². The fourth-order valence-corrected chi connectivity index (χ4v) is 2.24. The molecule has 0 aliphatic rings. The van der Waals surface area contributed by atoms with Crippen molar-refractivity contribution >= 4 is 34.9 Å². The third-order valence-electron chi connectivity index (χ3n) is 2.74. The van der Waals surface area contributed by atoms with Crippen molar-refractivity contribution in [2.24, 2.45) is 0 Å². The number of rotatable bonds is 6. The number of nitrogens with zero attached hydrogens (tertiary/aromatic N) is 3. The van der Waals surface area contributed by atoms with Crippen LogP contribution in [0.2, 0.25) is 5.15 Å². The molecule has 1 aromatic heterocycles. The lowest BCUT2D eigenvalue weighted by Gasteiger charge is -2.25. The maximum Gasteiger partial charge on any atom is 0.276 e. The Morgan fingerprint density at radius 1 is 1.61 bits per heavy atom. The molecule has 0 spiro atoms. The first-order chi connectivity index (χ1) is 8.45. The molecule has 18 heavy (non-hydrogen) atoms. The summed E-state index contributed by atoms with van der Waals surface area (Å²) < 4.78 is 0. The van der Waals surface area contributed by atoms with Gasteiger partial charge in [0.1, 0.15) is 11.0 Å². The van der Waals surface area contributed by atoms with Gasteiger partial charge in [-0.25, -0.2) is 4.98 Å². The third-order valence-corrected chi connectivity index (χ3v) is 3.58. The van der Waals surface area contributed by atoms with Gasteiger partial charge >= 0.3 is 0 Å². The quantitative estimate of drug-likeness (QED) is 0.457. The van der Waals surface area contributed by atoms with E-state index < -0.39 is 4.92 Å². The largest absolute Gasteiger partial charge is 0.357 e. The molecule has 1 atom stereocenters. The Balaban J connectivity index is 2.91. The smallest absolute Gasteiger partial charge is 0.276 e. The average molecular weight is 290 g/mol. The number of pyridine rings is 1. The van der Waals surface area contributed by atoms with Gasteiger partial charge in [-0.2, -0.15) is 11.8 Å². The summed E-state index contributed by atoms with van der Waals surface area (Å²) in [6.45, 7) is 2.06. The van der Waals surface area contributed by atoms with Crippen molar-refractivity contribution in [3.05, 3.63) is 27.4 Å². The summed E-state index contributed by atoms with van der Waals surface area (Å²) in [6.07, 6.45) is 3.04. The zero-order chi connectivity index (χ0) is 13.7. The van der Waals surface area contributed by atoms with Crippen LogP contribution in [-0.2, 0) is 0 Å². The van der Waals surface area contributed by atoms with Crippen LogP contribution in [0.25, 0.3) is 0 Å². The summed E-state index contributed by atoms with van der Waals surface area (Å²) >= 11 is 7.57. The molecule has 1 heterocycles. The number of hydrogen-bond acceptors (Lipinski definition) is 5. The molecule has 5 nitrogen and oxygen atoms in total. The highest BCUT2D eigenvalue weighted by Gasteiger charge is 2.16. The Bertz CT molecular complexity index is 431. The van der Waals surface area contributed by atoms with Crippen LogP contribution in [0, 0.1) is 10.1 Å². The fourth-order valence-electron chi connectivity index (χ4n) is 1.46. The van der Waals surface area contributed by atoms with Gasteiger partial charge < -0.3 is 4.90 Å². The third kappa shape index (κ3) is 4.03. The Morgan fingerprint density at radius 3 is 2.83 bits per heavy atom. The topological polar surface area (TPSA) is 59.3 Å². The molecular weight excluding hydrogens is 274 g/mol. The minimum atomic E-state index is -0.461. The lowest BCUT2D eigenvalue weighted by atomic mass is 10.2. The van der Waals surface area contributed by atoms with Crippen LogP contribution in [0.4, 0.5) is 11.5 Å². The van der Waals surface area contributed by atoms with E-state index in [0.717, 1.165) is 12.2 Å². The number of nitro groups is 1. The van der Waals surface area contributed by atoms with Gasteiger partial charge in [-0.3, -0.25) is 10.1 Å². The summed E-state index contributed by atoms with van der Waals surface area (Å²) in [5.41, 5.74) is -0.0334. The lowest BCUT2D eigenvalue weighted by Crippen LogP contribution is -2.30. The van der Waals surface area contributed by atoms with Crippen molar-refractivity contribution in [3.8, 4) is 0 Å². The lowest BCUT2D eigenvalue weighted by molar-refractivity contribution is -0.384. The maximum absolute atomic E-state index is 10.8. The molecular formula is C11H16ClN3O2S. The van der Waals surface area contributed by atoms with Gasteiger partial charge in [-0.05, 0) is 25.4 Å². The summed E-state index contributed by atoms with van der Waals surface area (Å²) in [6, 6.07) is 2.95. The van der Waals surface area contributed by atoms with E-state index in [2.05, 4.69) is 18.2 Å². The van der Waals surface area contributed by atoms with Crippen LogP contribution in [0.3, 0.4) is 0 Å². The average Bonchev–Trinajstić information content (AvgIpc) is 2.34. The predicted molar refractivity (Wildman–Crippen MR) is 76.8 cm³/mol. The van der Waals surface area contributed by atoms with Crippen molar-refractivity contribution in [2.45, 2.75) is 19.4 Å². The number of aromatic nitrogens is 1. The van der Waals surface area contributed by atoms with Gasteiger partial charge in [0.2, 0.25) is 0 Å². The minimum absolute atomic E-state index is 0.0334. The molecule has 1 aromatic rings. The normalized spacial score (nSPS) is 12.2. The molecule has 0 radical (unpaired) electrons. The van der Waals surface area contributed by atoms with E-state index in [4.69, 9.17) is 11.6 Å². The summed E-state index contributed by atoms with van der Waals surface area (Å²) in [5, 5.41) is 10.9. The van der Waals surface area contributed by atoms with Crippen LogP contribution in [0.5, 0.6) is 0 Å². The van der Waals surface area contributed by atoms with E-state index in [-0.39, 0.29) is 16.9 Å². The van der Waals surface area contributed by atoms with Crippen LogP contribution in [-0.4, -0.2) is 35.0 Å². The van der Waals surface area contributed by atoms with E-state index >= 15 is 0 Å². The second-order valence-electron chi connectivity index (χ2n) is 4.00. The second kappa shape index (κ2) is 6.80. The summed E-state index contributed by atoms with van der Waals surface area (Å²) in [5.74, 6) is 1.57. The molecule has 0 aliphatic heterocycles. The molecule has 7 heteroatoms. The highest BCUT2D eigenvalue weighted by molar-refractivity contribution is 7.98. The van der Waals surface area contributed by atoms with E-state index in [1.807, 2.05) is 11.9 Å². The molecule has 0 amide bonds. The molecule has 1 unspecified atom stereocenters. The van der Waals surface area contributed by atoms with Crippen LogP contribution >= 0.6 is 23.4 Å². The Hall–Kier alpha value is -1.01. The highest BCUT2D eigenvalue weighted by atomic mass is 35.5. The minimum Gasteiger partial charge on any atom is -0.357 e. The fraction of sp³-hybridized carbons (Fsp3) is 0.545. The molecule has 0 aliphatic carbocycles. The number of hydrogen-bond donors (Lipinski definition) is 0. The first-order valence-electron chi connectivity index (χ1n) is 5.49. The van der Waals surface area contributed by atoms with Gasteiger partial charge in [-0.15, -0.1) is 0 Å². The SMILES string of the molecule is CSCCC(C)N(C)c1cc([N+](=O)[O-])cc(Cl)n1.